The lowest BCUT2D eigenvalue weighted by Gasteiger charge is -2.16. The van der Waals surface area contributed by atoms with Gasteiger partial charge in [0.05, 0.1) is 13.0 Å². The molecule has 7 heteroatoms. The molecular weight excluding hydrogens is 260 g/mol. The highest BCUT2D eigenvalue weighted by Gasteiger charge is 2.33. The molecule has 3 N–H and O–H groups in total. The van der Waals surface area contributed by atoms with Crippen LogP contribution in [0.2, 0.25) is 0 Å². The van der Waals surface area contributed by atoms with Crippen LogP contribution in [0.5, 0.6) is 0 Å². The van der Waals surface area contributed by atoms with Crippen molar-refractivity contribution in [3.05, 3.63) is 35.4 Å². The Labute approximate surface area is 116 Å². The van der Waals surface area contributed by atoms with Crippen molar-refractivity contribution in [1.29, 1.82) is 0 Å². The van der Waals surface area contributed by atoms with Crippen LogP contribution in [0.1, 0.15) is 11.1 Å². The van der Waals surface area contributed by atoms with Gasteiger partial charge >= 0.3 is 6.03 Å². The summed E-state index contributed by atoms with van der Waals surface area (Å²) in [6.07, 6.45) is 0.110. The number of nitrogens with one attached hydrogen (secondary N) is 1. The number of rotatable bonds is 4. The van der Waals surface area contributed by atoms with Gasteiger partial charge in [-0.1, -0.05) is 24.3 Å². The average Bonchev–Trinajstić information content (AvgIpc) is 2.67. The molecule has 1 heterocycles. The Hall–Kier alpha value is -2.41. The highest BCUT2D eigenvalue weighted by molar-refractivity contribution is 6.01. The van der Waals surface area contributed by atoms with Crippen LogP contribution in [-0.2, 0) is 22.6 Å². The number of carbonyl (C=O) groups excluding carboxylic acids is 3. The standard InChI is InChI=1S/C13H16N4O3/c1-16-8-12(19)17(13(16)20)7-10-5-3-2-4-9(10)6-11(18)15-14/h2-5H,6-8,14H2,1H3,(H,15,18). The van der Waals surface area contributed by atoms with Crippen LogP contribution in [0.4, 0.5) is 4.79 Å². The first-order chi connectivity index (χ1) is 9.52. The lowest BCUT2D eigenvalue weighted by atomic mass is 10.0. The van der Waals surface area contributed by atoms with Gasteiger partial charge in [0.25, 0.3) is 5.91 Å². The molecule has 1 fully saturated rings. The smallest absolute Gasteiger partial charge is 0.318 e. The second kappa shape index (κ2) is 5.70. The lowest BCUT2D eigenvalue weighted by molar-refractivity contribution is -0.125. The summed E-state index contributed by atoms with van der Waals surface area (Å²) in [6, 6.07) is 6.83. The second-order valence-corrected chi connectivity index (χ2v) is 4.63. The lowest BCUT2D eigenvalue weighted by Crippen LogP contribution is -2.33. The third-order valence-corrected chi connectivity index (χ3v) is 3.19. The quantitative estimate of drug-likeness (QED) is 0.339. The molecule has 106 valence electrons. The predicted molar refractivity (Wildman–Crippen MR) is 71.1 cm³/mol. The molecule has 1 aliphatic rings. The fraction of sp³-hybridized carbons (Fsp3) is 0.308. The Bertz CT molecular complexity index is 558. The first-order valence-corrected chi connectivity index (χ1v) is 6.14. The molecule has 0 aliphatic carbocycles. The van der Waals surface area contributed by atoms with Crippen LogP contribution in [0.25, 0.3) is 0 Å². The summed E-state index contributed by atoms with van der Waals surface area (Å²) in [7, 11) is 1.58. The molecule has 0 bridgehead atoms. The summed E-state index contributed by atoms with van der Waals surface area (Å²) in [6.45, 7) is 0.250. The Morgan fingerprint density at radius 3 is 2.50 bits per heavy atom. The molecule has 0 unspecified atom stereocenters. The summed E-state index contributed by atoms with van der Waals surface area (Å²) < 4.78 is 0. The van der Waals surface area contributed by atoms with Crippen LogP contribution in [0.15, 0.2) is 24.3 Å². The number of hydrogen-bond acceptors (Lipinski definition) is 4. The number of likely N-dealkylation sites (N-methyl/N-ethyl adjacent to an activating group) is 1. The van der Waals surface area contributed by atoms with E-state index in [-0.39, 0.29) is 37.4 Å². The normalized spacial score (nSPS) is 14.9. The fourth-order valence-electron chi connectivity index (χ4n) is 2.10. The monoisotopic (exact) mass is 276 g/mol. The third kappa shape index (κ3) is 2.77. The van der Waals surface area contributed by atoms with E-state index < -0.39 is 0 Å². The number of hydrazine groups is 1. The highest BCUT2D eigenvalue weighted by Crippen LogP contribution is 2.17. The minimum Gasteiger partial charge on any atom is -0.318 e. The van der Waals surface area contributed by atoms with E-state index in [2.05, 4.69) is 5.43 Å². The largest absolute Gasteiger partial charge is 0.327 e. The minimum absolute atomic E-state index is 0.0876. The molecule has 0 aromatic heterocycles. The number of carbonyl (C=O) groups is 3. The summed E-state index contributed by atoms with van der Waals surface area (Å²) in [4.78, 5) is 37.5. The molecule has 20 heavy (non-hydrogen) atoms. The SMILES string of the molecule is CN1CC(=O)N(Cc2ccccc2CC(=O)NN)C1=O. The maximum atomic E-state index is 11.8. The van der Waals surface area contributed by atoms with Crippen LogP contribution < -0.4 is 11.3 Å². The number of imide groups is 1. The van der Waals surface area contributed by atoms with E-state index in [1.807, 2.05) is 0 Å². The van der Waals surface area contributed by atoms with Crippen molar-refractivity contribution in [2.45, 2.75) is 13.0 Å². The Balaban J connectivity index is 2.19. The summed E-state index contributed by atoms with van der Waals surface area (Å²) in [5.74, 6) is 4.51. The highest BCUT2D eigenvalue weighted by atomic mass is 16.2. The van der Waals surface area contributed by atoms with Crippen molar-refractivity contribution in [3.8, 4) is 0 Å². The van der Waals surface area contributed by atoms with Crippen LogP contribution in [-0.4, -0.2) is 41.2 Å². The van der Waals surface area contributed by atoms with E-state index >= 15 is 0 Å². The van der Waals surface area contributed by atoms with E-state index in [0.29, 0.717) is 0 Å². The summed E-state index contributed by atoms with van der Waals surface area (Å²) in [5.41, 5.74) is 3.56. The maximum absolute atomic E-state index is 11.8. The van der Waals surface area contributed by atoms with Crippen molar-refractivity contribution in [2.24, 2.45) is 5.84 Å². The maximum Gasteiger partial charge on any atom is 0.327 e. The van der Waals surface area contributed by atoms with E-state index in [0.717, 1.165) is 11.1 Å². The average molecular weight is 276 g/mol. The van der Waals surface area contributed by atoms with Gasteiger partial charge in [0.15, 0.2) is 0 Å². The van der Waals surface area contributed by atoms with Gasteiger partial charge in [-0.15, -0.1) is 0 Å². The zero-order valence-electron chi connectivity index (χ0n) is 11.1. The Morgan fingerprint density at radius 1 is 1.30 bits per heavy atom. The predicted octanol–water partition coefficient (Wildman–Crippen LogP) is -0.387. The fourth-order valence-corrected chi connectivity index (χ4v) is 2.10. The zero-order valence-corrected chi connectivity index (χ0v) is 11.1. The van der Waals surface area contributed by atoms with Gasteiger partial charge in [0.2, 0.25) is 5.91 Å². The molecule has 0 spiro atoms. The zero-order chi connectivity index (χ0) is 14.7. The Morgan fingerprint density at radius 2 is 1.95 bits per heavy atom. The van der Waals surface area contributed by atoms with Crippen LogP contribution >= 0.6 is 0 Å². The van der Waals surface area contributed by atoms with Gasteiger partial charge in [-0.05, 0) is 11.1 Å². The molecule has 4 amide bonds. The number of benzene rings is 1. The van der Waals surface area contributed by atoms with Gasteiger partial charge in [-0.2, -0.15) is 0 Å². The van der Waals surface area contributed by atoms with E-state index in [1.165, 1.54) is 9.80 Å². The van der Waals surface area contributed by atoms with Crippen molar-refractivity contribution < 1.29 is 14.4 Å². The molecule has 0 atom stereocenters. The van der Waals surface area contributed by atoms with E-state index in [1.54, 1.807) is 31.3 Å². The van der Waals surface area contributed by atoms with Crippen LogP contribution in [0.3, 0.4) is 0 Å². The summed E-state index contributed by atoms with van der Waals surface area (Å²) >= 11 is 0. The minimum atomic E-state index is -0.326. The molecule has 0 radical (unpaired) electrons. The molecule has 0 saturated carbocycles. The molecule has 1 aromatic rings. The topological polar surface area (TPSA) is 95.7 Å². The van der Waals surface area contributed by atoms with Crippen molar-refractivity contribution in [1.82, 2.24) is 15.2 Å². The van der Waals surface area contributed by atoms with Gasteiger partial charge < -0.3 is 4.90 Å². The van der Waals surface area contributed by atoms with Crippen LogP contribution in [0, 0.1) is 0 Å². The molecular formula is C13H16N4O3. The van der Waals surface area contributed by atoms with E-state index in [4.69, 9.17) is 5.84 Å². The summed E-state index contributed by atoms with van der Waals surface area (Å²) in [5, 5.41) is 0. The first kappa shape index (κ1) is 14.0. The third-order valence-electron chi connectivity index (χ3n) is 3.19. The van der Waals surface area contributed by atoms with Gasteiger partial charge in [0, 0.05) is 7.05 Å². The Kier molecular flexibility index (Phi) is 3.99. The molecule has 7 nitrogen and oxygen atoms in total. The molecule has 1 aromatic carbocycles. The number of hydrogen-bond donors (Lipinski definition) is 2. The number of nitrogens with zero attached hydrogens (tertiary/aromatic N) is 2. The molecule has 1 saturated heterocycles. The first-order valence-electron chi connectivity index (χ1n) is 6.14. The second-order valence-electron chi connectivity index (χ2n) is 4.63. The molecule has 1 aliphatic heterocycles. The van der Waals surface area contributed by atoms with Gasteiger partial charge in [0.1, 0.15) is 6.54 Å². The van der Waals surface area contributed by atoms with Crippen molar-refractivity contribution in [3.63, 3.8) is 0 Å². The van der Waals surface area contributed by atoms with Gasteiger partial charge in [-0.25, -0.2) is 10.6 Å². The molecule has 2 rings (SSSR count). The van der Waals surface area contributed by atoms with Crippen molar-refractivity contribution >= 4 is 17.8 Å². The number of nitrogens with two attached hydrogens (primary N) is 1. The number of urea groups is 1. The van der Waals surface area contributed by atoms with Crippen molar-refractivity contribution in [2.75, 3.05) is 13.6 Å². The van der Waals surface area contributed by atoms with E-state index in [9.17, 15) is 14.4 Å². The number of amides is 4. The van der Waals surface area contributed by atoms with Gasteiger partial charge in [-0.3, -0.25) is 19.9 Å².